The van der Waals surface area contributed by atoms with Gasteiger partial charge in [0.1, 0.15) is 29.9 Å². The van der Waals surface area contributed by atoms with Gasteiger partial charge in [0.15, 0.2) is 0 Å². The van der Waals surface area contributed by atoms with Crippen LogP contribution in [0.4, 0.5) is 8.78 Å². The quantitative estimate of drug-likeness (QED) is 0.842. The predicted molar refractivity (Wildman–Crippen MR) is 68.7 cm³/mol. The molecule has 0 amide bonds. The van der Waals surface area contributed by atoms with Crippen LogP contribution in [0.25, 0.3) is 0 Å². The van der Waals surface area contributed by atoms with E-state index in [-0.39, 0.29) is 12.1 Å². The summed E-state index contributed by atoms with van der Waals surface area (Å²) < 4.78 is 28.2. The Morgan fingerprint density at radius 1 is 1.47 bits per heavy atom. The molecule has 19 heavy (non-hydrogen) atoms. The average Bonchev–Trinajstić information content (AvgIpc) is 2.81. The molecule has 2 rings (SSSR count). The zero-order valence-electron chi connectivity index (χ0n) is 10.2. The lowest BCUT2D eigenvalue weighted by Crippen LogP contribution is -2.40. The molecule has 0 fully saturated rings. The molecule has 0 radical (unpaired) electrons. The normalized spacial score (nSPS) is 16.1. The Bertz CT molecular complexity index is 562. The van der Waals surface area contributed by atoms with E-state index in [1.54, 1.807) is 6.92 Å². The van der Waals surface area contributed by atoms with Crippen molar-refractivity contribution in [2.45, 2.75) is 24.3 Å². The molecule has 1 aromatic heterocycles. The summed E-state index contributed by atoms with van der Waals surface area (Å²) in [4.78, 5) is 3.76. The van der Waals surface area contributed by atoms with Gasteiger partial charge in [0, 0.05) is 16.9 Å². The number of rotatable bonds is 4. The number of hydrogen-bond donors (Lipinski definition) is 2. The molecule has 1 N–H and O–H groups in total. The molecule has 0 saturated carbocycles. The van der Waals surface area contributed by atoms with E-state index in [1.165, 1.54) is 23.4 Å². The number of thiol groups is 1. The van der Waals surface area contributed by atoms with Crippen LogP contribution >= 0.6 is 12.6 Å². The fraction of sp³-hybridized carbons (Fsp3) is 0.333. The van der Waals surface area contributed by atoms with Gasteiger partial charge in [0.05, 0.1) is 6.54 Å². The zero-order valence-corrected chi connectivity index (χ0v) is 11.1. The molecule has 0 aliphatic heterocycles. The van der Waals surface area contributed by atoms with Crippen LogP contribution in [0.3, 0.4) is 0 Å². The van der Waals surface area contributed by atoms with Crippen molar-refractivity contribution in [1.29, 1.82) is 0 Å². The number of hydrogen-bond acceptors (Lipinski definition) is 4. The number of benzene rings is 1. The van der Waals surface area contributed by atoms with Gasteiger partial charge in [0.2, 0.25) is 0 Å². The highest BCUT2D eigenvalue weighted by Crippen LogP contribution is 2.32. The molecule has 2 aromatic rings. The molecule has 0 spiro atoms. The largest absolute Gasteiger partial charge is 0.382 e. The summed E-state index contributed by atoms with van der Waals surface area (Å²) in [5, 5.41) is 14.0. The van der Waals surface area contributed by atoms with Gasteiger partial charge >= 0.3 is 0 Å². The van der Waals surface area contributed by atoms with Gasteiger partial charge in [-0.05, 0) is 6.07 Å². The molecule has 1 aromatic carbocycles. The second-order valence-corrected chi connectivity index (χ2v) is 5.09. The van der Waals surface area contributed by atoms with E-state index in [0.717, 1.165) is 12.1 Å². The first-order valence-corrected chi connectivity index (χ1v) is 6.13. The topological polar surface area (TPSA) is 50.9 Å². The molecular weight excluding hydrogens is 272 g/mol. The first-order chi connectivity index (χ1) is 8.93. The lowest BCUT2D eigenvalue weighted by molar-refractivity contribution is 0.0138. The molecule has 0 bridgehead atoms. The molecule has 7 heteroatoms. The Hall–Kier alpha value is -1.47. The van der Waals surface area contributed by atoms with Crippen LogP contribution in [0.5, 0.6) is 0 Å². The molecule has 4 nitrogen and oxygen atoms in total. The van der Waals surface area contributed by atoms with Crippen molar-refractivity contribution in [3.05, 3.63) is 48.1 Å². The van der Waals surface area contributed by atoms with Crippen molar-refractivity contribution in [2.24, 2.45) is 0 Å². The van der Waals surface area contributed by atoms with Crippen LogP contribution in [0.2, 0.25) is 0 Å². The lowest BCUT2D eigenvalue weighted by Gasteiger charge is -2.32. The maximum atomic E-state index is 13.9. The van der Waals surface area contributed by atoms with Crippen molar-refractivity contribution in [2.75, 3.05) is 0 Å². The van der Waals surface area contributed by atoms with Crippen LogP contribution in [0.15, 0.2) is 30.9 Å². The number of halogens is 2. The minimum atomic E-state index is -1.62. The van der Waals surface area contributed by atoms with E-state index in [4.69, 9.17) is 0 Å². The monoisotopic (exact) mass is 285 g/mol. The second-order valence-electron chi connectivity index (χ2n) is 4.32. The van der Waals surface area contributed by atoms with Crippen LogP contribution in [0, 0.1) is 11.6 Å². The number of aromatic nitrogens is 3. The highest BCUT2D eigenvalue weighted by molar-refractivity contribution is 7.81. The van der Waals surface area contributed by atoms with Crippen LogP contribution in [-0.4, -0.2) is 25.1 Å². The third-order valence-corrected chi connectivity index (χ3v) is 3.39. The van der Waals surface area contributed by atoms with Gasteiger partial charge in [-0.2, -0.15) is 17.7 Å². The average molecular weight is 285 g/mol. The molecule has 0 aliphatic rings. The van der Waals surface area contributed by atoms with Crippen LogP contribution in [-0.2, 0) is 12.1 Å². The van der Waals surface area contributed by atoms with Crippen molar-refractivity contribution in [1.82, 2.24) is 14.8 Å². The van der Waals surface area contributed by atoms with Gasteiger partial charge in [0.25, 0.3) is 0 Å². The Balaban J connectivity index is 2.43. The fourth-order valence-electron chi connectivity index (χ4n) is 1.84. The first-order valence-electron chi connectivity index (χ1n) is 5.62. The van der Waals surface area contributed by atoms with Crippen LogP contribution < -0.4 is 0 Å². The van der Waals surface area contributed by atoms with E-state index in [1.807, 2.05) is 0 Å². The molecule has 0 aliphatic carbocycles. The molecular formula is C12H13F2N3OS. The Morgan fingerprint density at radius 3 is 2.74 bits per heavy atom. The van der Waals surface area contributed by atoms with E-state index in [9.17, 15) is 13.9 Å². The van der Waals surface area contributed by atoms with E-state index in [2.05, 4.69) is 22.7 Å². The highest BCUT2D eigenvalue weighted by Gasteiger charge is 2.37. The van der Waals surface area contributed by atoms with E-state index in [0.29, 0.717) is 0 Å². The maximum Gasteiger partial charge on any atom is 0.137 e. The van der Waals surface area contributed by atoms with E-state index >= 15 is 0 Å². The lowest BCUT2D eigenvalue weighted by atomic mass is 9.90. The summed E-state index contributed by atoms with van der Waals surface area (Å²) in [6, 6.07) is 3.05. The predicted octanol–water partition coefficient (Wildman–Crippen LogP) is 1.76. The van der Waals surface area contributed by atoms with Crippen molar-refractivity contribution < 1.29 is 13.9 Å². The molecule has 2 atom stereocenters. The fourth-order valence-corrected chi connectivity index (χ4v) is 2.06. The van der Waals surface area contributed by atoms with E-state index < -0.39 is 22.5 Å². The molecule has 102 valence electrons. The summed E-state index contributed by atoms with van der Waals surface area (Å²) in [6.45, 7) is 1.60. The minimum absolute atomic E-state index is 0.0214. The number of nitrogens with zero attached hydrogens (tertiary/aromatic N) is 3. The molecule has 1 heterocycles. The summed E-state index contributed by atoms with van der Waals surface area (Å²) in [7, 11) is 0. The summed E-state index contributed by atoms with van der Waals surface area (Å²) >= 11 is 4.20. The van der Waals surface area contributed by atoms with Gasteiger partial charge in [-0.1, -0.05) is 13.0 Å². The Morgan fingerprint density at radius 2 is 2.21 bits per heavy atom. The summed E-state index contributed by atoms with van der Waals surface area (Å²) in [5.74, 6) is -1.51. The minimum Gasteiger partial charge on any atom is -0.382 e. The number of aliphatic hydroxyl groups is 1. The Labute approximate surface area is 114 Å². The third-order valence-electron chi connectivity index (χ3n) is 2.96. The zero-order chi connectivity index (χ0) is 14.0. The molecule has 0 saturated heterocycles. The van der Waals surface area contributed by atoms with Crippen molar-refractivity contribution >= 4 is 12.6 Å². The molecule has 2 unspecified atom stereocenters. The SMILES string of the molecule is CC(S)C(O)(Cn1cncn1)c1ccc(F)cc1F. The highest BCUT2D eigenvalue weighted by atomic mass is 32.1. The van der Waals surface area contributed by atoms with Gasteiger partial charge in [-0.3, -0.25) is 0 Å². The third kappa shape index (κ3) is 2.76. The Kier molecular flexibility index (Phi) is 3.86. The van der Waals surface area contributed by atoms with Gasteiger partial charge < -0.3 is 5.11 Å². The van der Waals surface area contributed by atoms with Crippen molar-refractivity contribution in [3.8, 4) is 0 Å². The van der Waals surface area contributed by atoms with Gasteiger partial charge in [-0.25, -0.2) is 18.4 Å². The van der Waals surface area contributed by atoms with Crippen molar-refractivity contribution in [3.63, 3.8) is 0 Å². The van der Waals surface area contributed by atoms with Crippen LogP contribution in [0.1, 0.15) is 12.5 Å². The summed E-state index contributed by atoms with van der Waals surface area (Å²) in [6.07, 6.45) is 2.72. The second kappa shape index (κ2) is 5.26. The summed E-state index contributed by atoms with van der Waals surface area (Å²) in [5.41, 5.74) is -1.64. The first kappa shape index (κ1) is 14.0. The maximum absolute atomic E-state index is 13.9. The van der Waals surface area contributed by atoms with Gasteiger partial charge in [-0.15, -0.1) is 0 Å². The standard InChI is InChI=1S/C12H13F2N3OS/c1-8(19)12(18,5-17-7-15-6-16-17)10-3-2-9(13)4-11(10)14/h2-4,6-8,18-19H,5H2,1H3. The smallest absolute Gasteiger partial charge is 0.137 e.